The number of halogens is 1. The summed E-state index contributed by atoms with van der Waals surface area (Å²) in [5, 5.41) is 2.56. The van der Waals surface area contributed by atoms with Crippen molar-refractivity contribution >= 4 is 40.6 Å². The number of carbonyl (C=O) groups is 2. The molecule has 1 aliphatic rings. The summed E-state index contributed by atoms with van der Waals surface area (Å²) in [6.07, 6.45) is 3.12. The first-order valence-corrected chi connectivity index (χ1v) is 8.05. The summed E-state index contributed by atoms with van der Waals surface area (Å²) in [6, 6.07) is 3.17. The Morgan fingerprint density at radius 3 is 2.74 bits per heavy atom. The van der Waals surface area contributed by atoms with E-state index in [4.69, 9.17) is 9.47 Å². The number of benzene rings is 1. The Labute approximate surface area is 148 Å². The number of methoxy groups -OCH3 is 1. The monoisotopic (exact) mass is 428 g/mol. The van der Waals surface area contributed by atoms with E-state index in [0.29, 0.717) is 18.1 Å². The predicted octanol–water partition coefficient (Wildman–Crippen LogP) is 2.78. The molecular formula is C16H17IN2O4. The van der Waals surface area contributed by atoms with Crippen LogP contribution in [0.5, 0.6) is 11.5 Å². The number of carbonyl (C=O) groups excluding carboxylic acids is 2. The Balaban J connectivity index is 2.36. The average Bonchev–Trinajstić information content (AvgIpc) is 2.77. The maximum atomic E-state index is 12.2. The molecule has 6 nitrogen and oxygen atoms in total. The summed E-state index contributed by atoms with van der Waals surface area (Å²) in [7, 11) is 1.55. The lowest BCUT2D eigenvalue weighted by molar-refractivity contribution is -0.122. The van der Waals surface area contributed by atoms with Crippen LogP contribution in [0.2, 0.25) is 0 Å². The second kappa shape index (κ2) is 7.49. The molecule has 23 heavy (non-hydrogen) atoms. The first-order valence-electron chi connectivity index (χ1n) is 6.97. The fraction of sp³-hybridized carbons (Fsp3) is 0.250. The fourth-order valence-electron chi connectivity index (χ4n) is 2.14. The highest BCUT2D eigenvalue weighted by Gasteiger charge is 2.32. The Hall–Kier alpha value is -2.03. The highest BCUT2D eigenvalue weighted by Crippen LogP contribution is 2.34. The maximum absolute atomic E-state index is 12.2. The third kappa shape index (κ3) is 3.66. The van der Waals surface area contributed by atoms with Gasteiger partial charge in [-0.2, -0.15) is 0 Å². The Morgan fingerprint density at radius 2 is 2.13 bits per heavy atom. The van der Waals surface area contributed by atoms with E-state index >= 15 is 0 Å². The van der Waals surface area contributed by atoms with Crippen LogP contribution in [0.4, 0.5) is 4.79 Å². The van der Waals surface area contributed by atoms with Gasteiger partial charge in [0.15, 0.2) is 11.5 Å². The number of nitrogens with one attached hydrogen (secondary N) is 1. The molecule has 1 fully saturated rings. The van der Waals surface area contributed by atoms with Gasteiger partial charge in [0.1, 0.15) is 5.70 Å². The van der Waals surface area contributed by atoms with Gasteiger partial charge >= 0.3 is 6.03 Å². The van der Waals surface area contributed by atoms with Gasteiger partial charge < -0.3 is 14.8 Å². The number of ether oxygens (including phenoxy) is 2. The molecule has 1 aromatic rings. The SMILES string of the molecule is C=CCN1C(=O)N/C(=C\c2cc(I)c(OCC)c(OC)c2)C1=O. The quantitative estimate of drug-likeness (QED) is 0.328. The van der Waals surface area contributed by atoms with Gasteiger partial charge in [0.25, 0.3) is 5.91 Å². The number of nitrogens with zero attached hydrogens (tertiary/aromatic N) is 1. The average molecular weight is 428 g/mol. The van der Waals surface area contributed by atoms with E-state index in [9.17, 15) is 9.59 Å². The topological polar surface area (TPSA) is 67.9 Å². The van der Waals surface area contributed by atoms with E-state index in [0.717, 1.165) is 14.0 Å². The molecule has 1 aromatic carbocycles. The zero-order chi connectivity index (χ0) is 17.0. The molecular weight excluding hydrogens is 411 g/mol. The number of amides is 3. The molecule has 2 rings (SSSR count). The third-order valence-electron chi connectivity index (χ3n) is 3.13. The molecule has 0 radical (unpaired) electrons. The molecule has 1 saturated heterocycles. The molecule has 0 atom stereocenters. The van der Waals surface area contributed by atoms with Crippen LogP contribution in [0.1, 0.15) is 12.5 Å². The van der Waals surface area contributed by atoms with Crippen molar-refractivity contribution < 1.29 is 19.1 Å². The highest BCUT2D eigenvalue weighted by atomic mass is 127. The molecule has 0 aliphatic carbocycles. The van der Waals surface area contributed by atoms with Crippen LogP contribution in [0, 0.1) is 3.57 Å². The molecule has 0 bridgehead atoms. The zero-order valence-electron chi connectivity index (χ0n) is 12.9. The molecule has 122 valence electrons. The summed E-state index contributed by atoms with van der Waals surface area (Å²) in [4.78, 5) is 25.0. The molecule has 0 saturated carbocycles. The lowest BCUT2D eigenvalue weighted by Crippen LogP contribution is -2.30. The van der Waals surface area contributed by atoms with Crippen LogP contribution in [0.3, 0.4) is 0 Å². The lowest BCUT2D eigenvalue weighted by Gasteiger charge is -2.12. The summed E-state index contributed by atoms with van der Waals surface area (Å²) in [6.45, 7) is 6.13. The van der Waals surface area contributed by atoms with Crippen molar-refractivity contribution in [2.75, 3.05) is 20.3 Å². The standard InChI is InChI=1S/C16H17IN2O4/c1-4-6-19-15(20)12(18-16(19)21)8-10-7-11(17)14(23-5-2)13(9-10)22-3/h4,7-9H,1,5-6H2,2-3H3,(H,18,21)/b12-8-. The van der Waals surface area contributed by atoms with Crippen LogP contribution in [0.15, 0.2) is 30.5 Å². The van der Waals surface area contributed by atoms with Gasteiger partial charge in [0, 0.05) is 6.54 Å². The summed E-state index contributed by atoms with van der Waals surface area (Å²) < 4.78 is 11.8. The molecule has 1 heterocycles. The van der Waals surface area contributed by atoms with Crippen molar-refractivity contribution in [2.45, 2.75) is 6.92 Å². The molecule has 0 spiro atoms. The van der Waals surface area contributed by atoms with Gasteiger partial charge in [-0.3, -0.25) is 9.69 Å². The van der Waals surface area contributed by atoms with Crippen molar-refractivity contribution in [3.8, 4) is 11.5 Å². The molecule has 7 heteroatoms. The minimum absolute atomic E-state index is 0.173. The zero-order valence-corrected chi connectivity index (χ0v) is 15.0. The minimum atomic E-state index is -0.450. The second-order valence-electron chi connectivity index (χ2n) is 4.66. The predicted molar refractivity (Wildman–Crippen MR) is 95.3 cm³/mol. The Bertz CT molecular complexity index is 685. The molecule has 0 unspecified atom stereocenters. The maximum Gasteiger partial charge on any atom is 0.329 e. The largest absolute Gasteiger partial charge is 0.493 e. The van der Waals surface area contributed by atoms with E-state index in [1.165, 1.54) is 6.08 Å². The van der Waals surface area contributed by atoms with Gasteiger partial charge in [0.05, 0.1) is 17.3 Å². The molecule has 0 aromatic heterocycles. The van der Waals surface area contributed by atoms with E-state index in [1.54, 1.807) is 19.3 Å². The van der Waals surface area contributed by atoms with Crippen LogP contribution in [0.25, 0.3) is 6.08 Å². The van der Waals surface area contributed by atoms with E-state index in [2.05, 4.69) is 34.5 Å². The van der Waals surface area contributed by atoms with Crippen molar-refractivity contribution in [1.29, 1.82) is 0 Å². The van der Waals surface area contributed by atoms with Gasteiger partial charge in [-0.15, -0.1) is 6.58 Å². The number of rotatable bonds is 6. The van der Waals surface area contributed by atoms with Crippen LogP contribution in [-0.2, 0) is 4.79 Å². The number of hydrogen-bond donors (Lipinski definition) is 1. The summed E-state index contributed by atoms with van der Waals surface area (Å²) in [5.41, 5.74) is 0.956. The van der Waals surface area contributed by atoms with Gasteiger partial charge in [-0.1, -0.05) is 6.08 Å². The fourth-order valence-corrected chi connectivity index (χ4v) is 2.92. The lowest BCUT2D eigenvalue weighted by atomic mass is 10.1. The second-order valence-corrected chi connectivity index (χ2v) is 5.82. The minimum Gasteiger partial charge on any atom is -0.493 e. The third-order valence-corrected chi connectivity index (χ3v) is 3.93. The van der Waals surface area contributed by atoms with Gasteiger partial charge in [-0.05, 0) is 53.3 Å². The first-order chi connectivity index (χ1) is 11.0. The van der Waals surface area contributed by atoms with E-state index in [1.807, 2.05) is 13.0 Å². The number of hydrogen-bond acceptors (Lipinski definition) is 4. The van der Waals surface area contributed by atoms with Crippen LogP contribution < -0.4 is 14.8 Å². The van der Waals surface area contributed by atoms with Crippen molar-refractivity contribution in [2.24, 2.45) is 0 Å². The van der Waals surface area contributed by atoms with Crippen molar-refractivity contribution in [3.05, 3.63) is 39.6 Å². The van der Waals surface area contributed by atoms with Gasteiger partial charge in [0.2, 0.25) is 0 Å². The van der Waals surface area contributed by atoms with Gasteiger partial charge in [-0.25, -0.2) is 4.79 Å². The van der Waals surface area contributed by atoms with E-state index in [-0.39, 0.29) is 18.1 Å². The molecule has 1 aliphatic heterocycles. The normalized spacial score (nSPS) is 15.8. The van der Waals surface area contributed by atoms with Crippen molar-refractivity contribution in [3.63, 3.8) is 0 Å². The summed E-state index contributed by atoms with van der Waals surface area (Å²) >= 11 is 2.14. The molecule has 1 N–H and O–H groups in total. The van der Waals surface area contributed by atoms with Crippen molar-refractivity contribution in [1.82, 2.24) is 10.2 Å². The number of urea groups is 1. The Morgan fingerprint density at radius 1 is 1.39 bits per heavy atom. The van der Waals surface area contributed by atoms with E-state index < -0.39 is 6.03 Å². The van der Waals surface area contributed by atoms with Crippen LogP contribution >= 0.6 is 22.6 Å². The van der Waals surface area contributed by atoms with Crippen LogP contribution in [-0.4, -0.2) is 37.1 Å². The highest BCUT2D eigenvalue weighted by molar-refractivity contribution is 14.1. The number of imide groups is 1. The first kappa shape index (κ1) is 17.3. The molecule has 3 amide bonds. The smallest absolute Gasteiger partial charge is 0.329 e. The Kier molecular flexibility index (Phi) is 5.64. The summed E-state index contributed by atoms with van der Waals surface area (Å²) in [5.74, 6) is 0.857.